The Morgan fingerprint density at radius 3 is 3.00 bits per heavy atom. The number of hydrogen-bond acceptors (Lipinski definition) is 9. The zero-order chi connectivity index (χ0) is 16.2. The minimum absolute atomic E-state index is 0.0130. The lowest BCUT2D eigenvalue weighted by molar-refractivity contribution is 0.0946. The van der Waals surface area contributed by atoms with Crippen LogP contribution in [0.4, 0.5) is 5.82 Å². The maximum absolute atomic E-state index is 12.3. The minimum atomic E-state index is -0.540. The summed E-state index contributed by atoms with van der Waals surface area (Å²) in [4.78, 5) is 16.3. The van der Waals surface area contributed by atoms with E-state index in [0.717, 1.165) is 4.68 Å². The zero-order valence-corrected chi connectivity index (χ0v) is 11.9. The van der Waals surface area contributed by atoms with Crippen LogP contribution >= 0.6 is 0 Å². The fourth-order valence-electron chi connectivity index (χ4n) is 1.77. The molecule has 0 aliphatic carbocycles. The van der Waals surface area contributed by atoms with E-state index < -0.39 is 5.91 Å². The van der Waals surface area contributed by atoms with Crippen LogP contribution in [0.25, 0.3) is 5.82 Å². The van der Waals surface area contributed by atoms with Gasteiger partial charge in [-0.05, 0) is 29.4 Å². The molecule has 0 unspecified atom stereocenters. The van der Waals surface area contributed by atoms with E-state index in [9.17, 15) is 4.79 Å². The van der Waals surface area contributed by atoms with Crippen molar-refractivity contribution in [1.29, 1.82) is 0 Å². The molecule has 0 spiro atoms. The van der Waals surface area contributed by atoms with Gasteiger partial charge in [0.2, 0.25) is 11.6 Å². The van der Waals surface area contributed by atoms with Crippen LogP contribution in [0, 0.1) is 6.92 Å². The number of aryl methyl sites for hydroxylation is 1. The van der Waals surface area contributed by atoms with E-state index in [4.69, 9.17) is 5.73 Å². The van der Waals surface area contributed by atoms with Crippen molar-refractivity contribution in [2.75, 3.05) is 5.73 Å². The van der Waals surface area contributed by atoms with E-state index in [1.54, 1.807) is 31.3 Å². The number of hydrazone groups is 1. The first kappa shape index (κ1) is 14.3. The molecule has 3 aromatic heterocycles. The van der Waals surface area contributed by atoms with Crippen LogP contribution in [0.15, 0.2) is 34.1 Å². The summed E-state index contributed by atoms with van der Waals surface area (Å²) in [6.45, 7) is 1.62. The van der Waals surface area contributed by atoms with Crippen molar-refractivity contribution in [3.63, 3.8) is 0 Å². The van der Waals surface area contributed by atoms with Gasteiger partial charge in [0.05, 0.1) is 17.6 Å². The highest BCUT2D eigenvalue weighted by atomic mass is 16.6. The van der Waals surface area contributed by atoms with Crippen molar-refractivity contribution in [3.05, 3.63) is 41.5 Å². The fraction of sp³-hybridized carbons (Fsp3) is 0.0833. The summed E-state index contributed by atoms with van der Waals surface area (Å²) in [5.41, 5.74) is 9.06. The molecule has 0 aliphatic rings. The van der Waals surface area contributed by atoms with E-state index in [1.165, 1.54) is 6.21 Å². The van der Waals surface area contributed by atoms with Crippen LogP contribution in [-0.4, -0.2) is 42.4 Å². The predicted molar refractivity (Wildman–Crippen MR) is 77.7 cm³/mol. The Morgan fingerprint density at radius 2 is 2.30 bits per heavy atom. The monoisotopic (exact) mass is 313 g/mol. The quantitative estimate of drug-likeness (QED) is 0.492. The summed E-state index contributed by atoms with van der Waals surface area (Å²) in [5.74, 6) is -0.479. The Hall–Kier alpha value is -3.63. The third kappa shape index (κ3) is 2.88. The molecule has 0 aliphatic heterocycles. The molecule has 11 heteroatoms. The summed E-state index contributed by atoms with van der Waals surface area (Å²) in [6.07, 6.45) is 3.03. The van der Waals surface area contributed by atoms with Crippen molar-refractivity contribution in [3.8, 4) is 5.82 Å². The highest BCUT2D eigenvalue weighted by Gasteiger charge is 2.22. The third-order valence-electron chi connectivity index (χ3n) is 2.80. The summed E-state index contributed by atoms with van der Waals surface area (Å²) in [6, 6.07) is 5.33. The summed E-state index contributed by atoms with van der Waals surface area (Å²) in [5, 5.41) is 18.5. The van der Waals surface area contributed by atoms with Crippen molar-refractivity contribution < 1.29 is 9.42 Å². The Labute approximate surface area is 129 Å². The Morgan fingerprint density at radius 1 is 1.43 bits per heavy atom. The Balaban J connectivity index is 1.82. The van der Waals surface area contributed by atoms with Crippen LogP contribution in [0.2, 0.25) is 0 Å². The molecule has 0 saturated carbocycles. The first-order valence-corrected chi connectivity index (χ1v) is 6.42. The number of nitrogens with zero attached hydrogens (tertiary/aromatic N) is 7. The number of aromatic nitrogens is 6. The van der Waals surface area contributed by atoms with Gasteiger partial charge in [-0.25, -0.2) is 10.1 Å². The van der Waals surface area contributed by atoms with Gasteiger partial charge in [0.25, 0.3) is 5.91 Å². The topological polar surface area (TPSA) is 150 Å². The maximum Gasteiger partial charge on any atom is 0.292 e. The number of hydrogen-bond donors (Lipinski definition) is 2. The molecule has 3 heterocycles. The number of nitrogens with one attached hydrogen (secondary N) is 1. The fourth-order valence-corrected chi connectivity index (χ4v) is 1.77. The normalized spacial score (nSPS) is 11.0. The highest BCUT2D eigenvalue weighted by molar-refractivity contribution is 5.94. The van der Waals surface area contributed by atoms with Gasteiger partial charge in [-0.3, -0.25) is 9.78 Å². The molecule has 3 aromatic rings. The first-order valence-electron chi connectivity index (χ1n) is 6.42. The number of anilines is 1. The molecule has 116 valence electrons. The zero-order valence-electron chi connectivity index (χ0n) is 11.9. The standard InChI is InChI=1S/C12H11N9O2/c1-7-9(21(20-16-7)11-10(13)18-23-19-11)12(22)17-15-6-8-4-2-3-5-14-8/h2-6H,1H3,(H2,13,18)(H,17,22)/b15-6+. The molecular weight excluding hydrogens is 302 g/mol. The second-order valence-corrected chi connectivity index (χ2v) is 4.36. The van der Waals surface area contributed by atoms with E-state index in [-0.39, 0.29) is 17.3 Å². The summed E-state index contributed by atoms with van der Waals surface area (Å²) >= 11 is 0. The van der Waals surface area contributed by atoms with Crippen LogP contribution in [-0.2, 0) is 0 Å². The molecule has 1 amide bonds. The SMILES string of the molecule is Cc1nnn(-c2nonc2N)c1C(=O)N/N=C/c1ccccn1. The molecule has 0 bridgehead atoms. The smallest absolute Gasteiger partial charge is 0.292 e. The van der Waals surface area contributed by atoms with Crippen LogP contribution in [0.3, 0.4) is 0 Å². The van der Waals surface area contributed by atoms with Crippen molar-refractivity contribution in [2.45, 2.75) is 6.92 Å². The van der Waals surface area contributed by atoms with Gasteiger partial charge in [-0.1, -0.05) is 11.3 Å². The molecule has 0 saturated heterocycles. The van der Waals surface area contributed by atoms with E-state index in [1.807, 2.05) is 0 Å². The van der Waals surface area contributed by atoms with Crippen molar-refractivity contribution in [2.24, 2.45) is 5.10 Å². The number of rotatable bonds is 4. The number of nitrogens with two attached hydrogens (primary N) is 1. The number of pyridine rings is 1. The third-order valence-corrected chi connectivity index (χ3v) is 2.80. The summed E-state index contributed by atoms with van der Waals surface area (Å²) in [7, 11) is 0. The molecule has 3 N–H and O–H groups in total. The molecule has 0 atom stereocenters. The lowest BCUT2D eigenvalue weighted by atomic mass is 10.3. The average Bonchev–Trinajstić information content (AvgIpc) is 3.13. The van der Waals surface area contributed by atoms with Gasteiger partial charge in [0, 0.05) is 6.20 Å². The number of nitrogen functional groups attached to an aromatic ring is 1. The van der Waals surface area contributed by atoms with Gasteiger partial charge in [-0.15, -0.1) is 5.10 Å². The average molecular weight is 313 g/mol. The van der Waals surface area contributed by atoms with Gasteiger partial charge >= 0.3 is 0 Å². The molecule has 11 nitrogen and oxygen atoms in total. The second kappa shape index (κ2) is 6.01. The number of amides is 1. The Kier molecular flexibility index (Phi) is 3.74. The first-order chi connectivity index (χ1) is 11.2. The Bertz CT molecular complexity index is 853. The summed E-state index contributed by atoms with van der Waals surface area (Å²) < 4.78 is 5.63. The molecule has 0 fully saturated rings. The second-order valence-electron chi connectivity index (χ2n) is 4.36. The highest BCUT2D eigenvalue weighted by Crippen LogP contribution is 2.14. The van der Waals surface area contributed by atoms with Crippen LogP contribution < -0.4 is 11.2 Å². The minimum Gasteiger partial charge on any atom is -0.378 e. The van der Waals surface area contributed by atoms with Gasteiger partial charge in [0.15, 0.2) is 5.69 Å². The lowest BCUT2D eigenvalue weighted by Gasteiger charge is -2.02. The maximum atomic E-state index is 12.3. The van der Waals surface area contributed by atoms with Gasteiger partial charge in [-0.2, -0.15) is 9.78 Å². The molecular formula is C12H11N9O2. The molecule has 23 heavy (non-hydrogen) atoms. The van der Waals surface area contributed by atoms with Crippen molar-refractivity contribution >= 4 is 17.9 Å². The van der Waals surface area contributed by atoms with Gasteiger partial charge in [0.1, 0.15) is 0 Å². The van der Waals surface area contributed by atoms with Gasteiger partial charge < -0.3 is 5.73 Å². The largest absolute Gasteiger partial charge is 0.378 e. The number of carbonyl (C=O) groups is 1. The molecule has 0 radical (unpaired) electrons. The van der Waals surface area contributed by atoms with E-state index in [0.29, 0.717) is 11.4 Å². The van der Waals surface area contributed by atoms with E-state index in [2.05, 4.69) is 40.8 Å². The molecule has 0 aromatic carbocycles. The van der Waals surface area contributed by atoms with Crippen LogP contribution in [0.1, 0.15) is 21.9 Å². The van der Waals surface area contributed by atoms with E-state index >= 15 is 0 Å². The van der Waals surface area contributed by atoms with Crippen LogP contribution in [0.5, 0.6) is 0 Å². The lowest BCUT2D eigenvalue weighted by Crippen LogP contribution is -2.22. The number of carbonyl (C=O) groups excluding carboxylic acids is 1. The van der Waals surface area contributed by atoms with Crippen molar-refractivity contribution in [1.82, 2.24) is 35.7 Å². The molecule has 3 rings (SSSR count). The predicted octanol–water partition coefficient (Wildman–Crippen LogP) is -0.300.